The lowest BCUT2D eigenvalue weighted by molar-refractivity contribution is 1.03. The molecule has 0 N–H and O–H groups in total. The molecule has 0 spiro atoms. The van der Waals surface area contributed by atoms with Gasteiger partial charge in [-0.3, -0.25) is 4.98 Å². The Morgan fingerprint density at radius 3 is 0.864 bits per heavy atom. The summed E-state index contributed by atoms with van der Waals surface area (Å²) >= 11 is 0. The molecule has 306 valence electrons. The van der Waals surface area contributed by atoms with Crippen molar-refractivity contribution in [2.45, 2.75) is 0 Å². The highest BCUT2D eigenvalue weighted by molar-refractivity contribution is 6.17. The Labute approximate surface area is 378 Å². The molecule has 0 saturated heterocycles. The van der Waals surface area contributed by atoms with E-state index in [1.165, 1.54) is 0 Å². The largest absolute Gasteiger partial charge is 0.307 e. The molecule has 0 bridgehead atoms. The minimum atomic E-state index is 0.523. The first-order chi connectivity index (χ1) is 32.8. The minimum Gasteiger partial charge on any atom is -0.307 e. The van der Waals surface area contributed by atoms with Crippen molar-refractivity contribution in [1.29, 1.82) is 5.26 Å². The van der Waals surface area contributed by atoms with Crippen molar-refractivity contribution in [3.05, 3.63) is 224 Å². The van der Waals surface area contributed by atoms with Crippen LogP contribution in [0.15, 0.2) is 219 Å². The van der Waals surface area contributed by atoms with Crippen LogP contribution >= 0.6 is 0 Å². The van der Waals surface area contributed by atoms with Crippen LogP contribution in [-0.4, -0.2) is 23.3 Å². The predicted octanol–water partition coefficient (Wildman–Crippen LogP) is 15.0. The molecule has 9 aromatic carbocycles. The molecule has 6 heteroatoms. The van der Waals surface area contributed by atoms with Gasteiger partial charge in [0.05, 0.1) is 78.1 Å². The van der Waals surface area contributed by atoms with Crippen LogP contribution in [0.1, 0.15) is 5.56 Å². The quantitative estimate of drug-likeness (QED) is 0.173. The van der Waals surface area contributed by atoms with Crippen LogP contribution in [0.2, 0.25) is 0 Å². The van der Waals surface area contributed by atoms with Crippen LogP contribution in [0, 0.1) is 11.3 Å². The molecule has 0 radical (unpaired) electrons. The third kappa shape index (κ3) is 4.86. The molecule has 14 aromatic rings. The maximum atomic E-state index is 12.5. The lowest BCUT2D eigenvalue weighted by Gasteiger charge is -2.29. The van der Waals surface area contributed by atoms with Gasteiger partial charge in [0, 0.05) is 49.3 Å². The van der Waals surface area contributed by atoms with Gasteiger partial charge in [0.1, 0.15) is 11.6 Å². The monoisotopic (exact) mass is 840 g/mol. The highest BCUT2D eigenvalue weighted by Gasteiger charge is 2.35. The Morgan fingerprint density at radius 1 is 0.288 bits per heavy atom. The molecule has 14 rings (SSSR count). The zero-order chi connectivity index (χ0) is 43.5. The second kappa shape index (κ2) is 13.9. The van der Waals surface area contributed by atoms with Crippen molar-refractivity contribution in [3.63, 3.8) is 0 Å². The summed E-state index contributed by atoms with van der Waals surface area (Å²) in [6.45, 7) is 0. The van der Waals surface area contributed by atoms with Gasteiger partial charge >= 0.3 is 0 Å². The zero-order valence-electron chi connectivity index (χ0n) is 35.5. The first-order valence-corrected chi connectivity index (χ1v) is 22.3. The number of hydrogen-bond acceptors (Lipinski definition) is 2. The Hall–Kier alpha value is -9.18. The van der Waals surface area contributed by atoms with Crippen LogP contribution in [-0.2, 0) is 0 Å². The molecule has 0 aliphatic heterocycles. The maximum absolute atomic E-state index is 12.5. The number of aromatic nitrogens is 5. The summed E-state index contributed by atoms with van der Waals surface area (Å²) in [5.74, 6) is 0. The van der Waals surface area contributed by atoms with Crippen LogP contribution in [0.5, 0.6) is 0 Å². The second-order valence-electron chi connectivity index (χ2n) is 17.0. The number of nitrogens with zero attached hydrogens (tertiary/aromatic N) is 6. The number of hydrogen-bond donors (Lipinski definition) is 0. The molecular weight excluding hydrogens is 805 g/mol. The van der Waals surface area contributed by atoms with E-state index in [4.69, 9.17) is 4.98 Å². The van der Waals surface area contributed by atoms with Crippen molar-refractivity contribution in [2.75, 3.05) is 0 Å². The van der Waals surface area contributed by atoms with E-state index in [1.807, 2.05) is 12.3 Å². The number of pyridine rings is 1. The third-order valence-corrected chi connectivity index (χ3v) is 13.6. The standard InChI is InChI=1S/C60H36N6/c61-37-46-57(63-48-28-9-1-19-38(48)39-20-2-10-29-49(39)63)56(47-27-17-18-36-62-47)59(65-52-32-13-5-23-42(52)43-24-6-14-33-53(43)65)60(66-54-34-15-7-25-44(54)45-26-8-16-35-55(45)66)58(46)64-50-30-11-3-21-40(50)41-22-4-12-31-51(41)64/h1-36H. The van der Waals surface area contributed by atoms with Gasteiger partial charge in [-0.15, -0.1) is 0 Å². The van der Waals surface area contributed by atoms with Gasteiger partial charge in [-0.2, -0.15) is 5.26 Å². The molecule has 0 amide bonds. The van der Waals surface area contributed by atoms with Crippen molar-refractivity contribution < 1.29 is 0 Å². The van der Waals surface area contributed by atoms with Gasteiger partial charge in [-0.05, 0) is 60.7 Å². The maximum Gasteiger partial charge on any atom is 0.104 e. The Balaban J connectivity index is 1.37. The van der Waals surface area contributed by atoms with Crippen LogP contribution in [0.25, 0.3) is 121 Å². The summed E-state index contributed by atoms with van der Waals surface area (Å²) in [6.07, 6.45) is 1.87. The summed E-state index contributed by atoms with van der Waals surface area (Å²) in [5, 5.41) is 21.4. The first kappa shape index (κ1) is 36.3. The van der Waals surface area contributed by atoms with E-state index in [1.54, 1.807) is 0 Å². The summed E-state index contributed by atoms with van der Waals surface area (Å²) in [4.78, 5) is 5.27. The van der Waals surface area contributed by atoms with E-state index in [2.05, 4.69) is 231 Å². The number of fused-ring (bicyclic) bond motifs is 12. The Kier molecular flexibility index (Phi) is 7.65. The molecular formula is C60H36N6. The third-order valence-electron chi connectivity index (χ3n) is 13.6. The fourth-order valence-electron chi connectivity index (χ4n) is 11.1. The smallest absolute Gasteiger partial charge is 0.104 e. The van der Waals surface area contributed by atoms with Crippen molar-refractivity contribution >= 4 is 87.2 Å². The van der Waals surface area contributed by atoms with Gasteiger partial charge in [-0.1, -0.05) is 152 Å². The van der Waals surface area contributed by atoms with E-state index < -0.39 is 0 Å². The molecule has 0 fully saturated rings. The molecule has 0 saturated carbocycles. The van der Waals surface area contributed by atoms with Gasteiger partial charge in [-0.25, -0.2) is 0 Å². The van der Waals surface area contributed by atoms with Gasteiger partial charge in [0.15, 0.2) is 0 Å². The number of nitriles is 1. The number of para-hydroxylation sites is 8. The minimum absolute atomic E-state index is 0.523. The van der Waals surface area contributed by atoms with Gasteiger partial charge < -0.3 is 18.3 Å². The average molecular weight is 841 g/mol. The molecule has 0 unspecified atom stereocenters. The molecule has 0 aliphatic rings. The lowest BCUT2D eigenvalue weighted by atomic mass is 9.95. The highest BCUT2D eigenvalue weighted by atomic mass is 15.1. The number of rotatable bonds is 5. The molecule has 66 heavy (non-hydrogen) atoms. The van der Waals surface area contributed by atoms with Crippen molar-refractivity contribution in [3.8, 4) is 40.1 Å². The molecule has 6 nitrogen and oxygen atoms in total. The zero-order valence-corrected chi connectivity index (χ0v) is 35.5. The van der Waals surface area contributed by atoms with Crippen LogP contribution < -0.4 is 0 Å². The average Bonchev–Trinajstić information content (AvgIpc) is 4.11. The topological polar surface area (TPSA) is 56.4 Å². The molecule has 0 atom stereocenters. The van der Waals surface area contributed by atoms with Gasteiger partial charge in [0.2, 0.25) is 0 Å². The highest BCUT2D eigenvalue weighted by Crippen LogP contribution is 2.51. The number of benzene rings is 9. The summed E-state index contributed by atoms with van der Waals surface area (Å²) in [5.41, 5.74) is 13.6. The van der Waals surface area contributed by atoms with E-state index in [9.17, 15) is 5.26 Å². The van der Waals surface area contributed by atoms with E-state index in [-0.39, 0.29) is 0 Å². The van der Waals surface area contributed by atoms with Crippen LogP contribution in [0.3, 0.4) is 0 Å². The summed E-state index contributed by atoms with van der Waals surface area (Å²) in [6, 6.07) is 78.2. The van der Waals surface area contributed by atoms with Crippen molar-refractivity contribution in [1.82, 2.24) is 23.3 Å². The fourth-order valence-corrected chi connectivity index (χ4v) is 11.1. The van der Waals surface area contributed by atoms with Gasteiger partial charge in [0.25, 0.3) is 0 Å². The second-order valence-corrected chi connectivity index (χ2v) is 17.0. The normalized spacial score (nSPS) is 11.9. The predicted molar refractivity (Wildman–Crippen MR) is 272 cm³/mol. The Bertz CT molecular complexity index is 4150. The SMILES string of the molecule is N#Cc1c(-n2c3ccccc3c3ccccc32)c(-c2ccccn2)c(-n2c3ccccc3c3ccccc32)c(-n2c3ccccc3c3ccccc32)c1-n1c2ccccc2c2ccccc21. The van der Waals surface area contributed by atoms with E-state index in [0.29, 0.717) is 5.56 Å². The van der Waals surface area contributed by atoms with E-state index >= 15 is 0 Å². The Morgan fingerprint density at radius 2 is 0.561 bits per heavy atom. The van der Waals surface area contributed by atoms with Crippen molar-refractivity contribution in [2.24, 2.45) is 0 Å². The first-order valence-electron chi connectivity index (χ1n) is 22.3. The fraction of sp³-hybridized carbons (Fsp3) is 0. The van der Waals surface area contributed by atoms with E-state index in [0.717, 1.165) is 121 Å². The summed E-state index contributed by atoms with van der Waals surface area (Å²) < 4.78 is 9.56. The molecule has 5 aromatic heterocycles. The molecule has 5 heterocycles. The molecule has 0 aliphatic carbocycles. The lowest BCUT2D eigenvalue weighted by Crippen LogP contribution is -2.16. The summed E-state index contributed by atoms with van der Waals surface area (Å²) in [7, 11) is 0. The van der Waals surface area contributed by atoms with Crippen LogP contribution in [0.4, 0.5) is 0 Å².